The van der Waals surface area contributed by atoms with Gasteiger partial charge in [0.15, 0.2) is 0 Å². The number of benzene rings is 1. The van der Waals surface area contributed by atoms with E-state index in [0.717, 1.165) is 11.8 Å². The molecule has 1 aromatic carbocycles. The van der Waals surface area contributed by atoms with E-state index in [9.17, 15) is 0 Å². The van der Waals surface area contributed by atoms with Crippen LogP contribution in [0.2, 0.25) is 0 Å². The molecular weight excluding hydrogens is 230 g/mol. The van der Waals surface area contributed by atoms with Gasteiger partial charge in [-0.2, -0.15) is 0 Å². The molecule has 1 fully saturated rings. The second-order valence-electron chi connectivity index (χ2n) is 6.58. The zero-order valence-electron chi connectivity index (χ0n) is 13.2. The number of hydrogen-bond donors (Lipinski definition) is 1. The van der Waals surface area contributed by atoms with Gasteiger partial charge in [-0.15, -0.1) is 0 Å². The molecule has 0 spiro atoms. The Morgan fingerprint density at radius 3 is 2.11 bits per heavy atom. The van der Waals surface area contributed by atoms with Crippen molar-refractivity contribution in [2.75, 3.05) is 7.05 Å². The Labute approximate surface area is 118 Å². The van der Waals surface area contributed by atoms with Gasteiger partial charge in [-0.3, -0.25) is 0 Å². The van der Waals surface area contributed by atoms with Crippen molar-refractivity contribution in [3.8, 4) is 0 Å². The molecule has 0 aromatic heterocycles. The Balaban J connectivity index is 2.24. The maximum atomic E-state index is 3.59. The maximum Gasteiger partial charge on any atom is 0.0348 e. The van der Waals surface area contributed by atoms with Gasteiger partial charge in [0.05, 0.1) is 0 Å². The fraction of sp³-hybridized carbons (Fsp3) is 0.667. The zero-order valence-corrected chi connectivity index (χ0v) is 13.2. The average molecular weight is 259 g/mol. The highest BCUT2D eigenvalue weighted by atomic mass is 14.9. The molecule has 2 rings (SSSR count). The van der Waals surface area contributed by atoms with Crippen LogP contribution in [0.3, 0.4) is 0 Å². The van der Waals surface area contributed by atoms with Crippen LogP contribution in [0.1, 0.15) is 60.9 Å². The fourth-order valence-corrected chi connectivity index (χ4v) is 3.58. The third-order valence-electron chi connectivity index (χ3n) is 5.06. The molecule has 0 heterocycles. The van der Waals surface area contributed by atoms with Crippen molar-refractivity contribution in [2.24, 2.45) is 11.8 Å². The highest BCUT2D eigenvalue weighted by Crippen LogP contribution is 2.38. The smallest absolute Gasteiger partial charge is 0.0348 e. The van der Waals surface area contributed by atoms with Crippen LogP contribution < -0.4 is 5.32 Å². The van der Waals surface area contributed by atoms with Gasteiger partial charge in [-0.25, -0.2) is 0 Å². The van der Waals surface area contributed by atoms with Crippen LogP contribution in [0.5, 0.6) is 0 Å². The summed E-state index contributed by atoms with van der Waals surface area (Å²) in [5, 5.41) is 3.59. The normalized spacial score (nSPS) is 25.3. The predicted octanol–water partition coefficient (Wildman–Crippen LogP) is 4.70. The SMILES string of the molecule is CNC(c1cc(C)c(C)cc1C)C1CCC(C)CC1. The largest absolute Gasteiger partial charge is 0.313 e. The summed E-state index contributed by atoms with van der Waals surface area (Å²) in [6.07, 6.45) is 5.54. The first-order valence-electron chi connectivity index (χ1n) is 7.78. The van der Waals surface area contributed by atoms with E-state index in [1.807, 2.05) is 0 Å². The fourth-order valence-electron chi connectivity index (χ4n) is 3.58. The van der Waals surface area contributed by atoms with E-state index < -0.39 is 0 Å². The summed E-state index contributed by atoms with van der Waals surface area (Å²) in [5.41, 5.74) is 5.80. The molecule has 0 radical (unpaired) electrons. The van der Waals surface area contributed by atoms with Crippen molar-refractivity contribution in [2.45, 2.75) is 59.4 Å². The van der Waals surface area contributed by atoms with Crippen molar-refractivity contribution in [3.05, 3.63) is 34.4 Å². The Hall–Kier alpha value is -0.820. The topological polar surface area (TPSA) is 12.0 Å². The molecule has 0 saturated heterocycles. The number of aryl methyl sites for hydroxylation is 3. The lowest BCUT2D eigenvalue weighted by molar-refractivity contribution is 0.237. The predicted molar refractivity (Wildman–Crippen MR) is 83.6 cm³/mol. The summed E-state index contributed by atoms with van der Waals surface area (Å²) in [6, 6.07) is 5.29. The van der Waals surface area contributed by atoms with Crippen LogP contribution in [0, 0.1) is 32.6 Å². The maximum absolute atomic E-state index is 3.59. The Morgan fingerprint density at radius 2 is 1.53 bits per heavy atom. The second-order valence-corrected chi connectivity index (χ2v) is 6.58. The van der Waals surface area contributed by atoms with Gasteiger partial charge in [-0.1, -0.05) is 31.9 Å². The first-order chi connectivity index (χ1) is 9.02. The van der Waals surface area contributed by atoms with Gasteiger partial charge in [0, 0.05) is 6.04 Å². The van der Waals surface area contributed by atoms with Crippen LogP contribution in [-0.2, 0) is 0 Å². The average Bonchev–Trinajstić information content (AvgIpc) is 2.38. The van der Waals surface area contributed by atoms with Crippen molar-refractivity contribution >= 4 is 0 Å². The van der Waals surface area contributed by atoms with Gasteiger partial charge in [-0.05, 0) is 74.8 Å². The summed E-state index contributed by atoms with van der Waals surface area (Å²) in [7, 11) is 2.12. The van der Waals surface area contributed by atoms with Crippen molar-refractivity contribution in [3.63, 3.8) is 0 Å². The molecule has 1 saturated carbocycles. The molecule has 19 heavy (non-hydrogen) atoms. The molecular formula is C18H29N. The first-order valence-corrected chi connectivity index (χ1v) is 7.78. The quantitative estimate of drug-likeness (QED) is 0.829. The molecule has 0 aliphatic heterocycles. The highest BCUT2D eigenvalue weighted by Gasteiger charge is 2.27. The first kappa shape index (κ1) is 14.6. The number of hydrogen-bond acceptors (Lipinski definition) is 1. The monoisotopic (exact) mass is 259 g/mol. The summed E-state index contributed by atoms with van der Waals surface area (Å²) < 4.78 is 0. The molecule has 106 valence electrons. The van der Waals surface area contributed by atoms with E-state index >= 15 is 0 Å². The van der Waals surface area contributed by atoms with Crippen LogP contribution >= 0.6 is 0 Å². The molecule has 1 N–H and O–H groups in total. The van der Waals surface area contributed by atoms with Crippen molar-refractivity contribution in [1.82, 2.24) is 5.32 Å². The van der Waals surface area contributed by atoms with E-state index in [4.69, 9.17) is 0 Å². The van der Waals surface area contributed by atoms with Gasteiger partial charge in [0.25, 0.3) is 0 Å². The standard InChI is InChI=1S/C18H29N/c1-12-6-8-16(9-7-12)18(19-5)17-11-14(3)13(2)10-15(17)4/h10-12,16,18-19H,6-9H2,1-5H3. The van der Waals surface area contributed by atoms with E-state index in [2.05, 4.69) is 52.2 Å². The minimum absolute atomic E-state index is 0.534. The van der Waals surface area contributed by atoms with Crippen LogP contribution in [0.15, 0.2) is 12.1 Å². The van der Waals surface area contributed by atoms with Crippen LogP contribution in [0.25, 0.3) is 0 Å². The molecule has 0 amide bonds. The minimum Gasteiger partial charge on any atom is -0.313 e. The van der Waals surface area contributed by atoms with E-state index in [0.29, 0.717) is 6.04 Å². The van der Waals surface area contributed by atoms with Gasteiger partial charge >= 0.3 is 0 Å². The van der Waals surface area contributed by atoms with Gasteiger partial charge in [0.1, 0.15) is 0 Å². The lowest BCUT2D eigenvalue weighted by atomic mass is 9.76. The van der Waals surface area contributed by atoms with Gasteiger partial charge < -0.3 is 5.32 Å². The lowest BCUT2D eigenvalue weighted by Crippen LogP contribution is -2.29. The van der Waals surface area contributed by atoms with E-state index in [-0.39, 0.29) is 0 Å². The molecule has 1 heteroatoms. The molecule has 1 nitrogen and oxygen atoms in total. The van der Waals surface area contributed by atoms with Crippen LogP contribution in [-0.4, -0.2) is 7.05 Å². The molecule has 1 unspecified atom stereocenters. The summed E-state index contributed by atoms with van der Waals surface area (Å²) >= 11 is 0. The minimum atomic E-state index is 0.534. The van der Waals surface area contributed by atoms with Crippen molar-refractivity contribution < 1.29 is 0 Å². The molecule has 1 aromatic rings. The lowest BCUT2D eigenvalue weighted by Gasteiger charge is -2.34. The summed E-state index contributed by atoms with van der Waals surface area (Å²) in [5.74, 6) is 1.73. The molecule has 0 bridgehead atoms. The molecule has 1 aliphatic rings. The molecule has 1 atom stereocenters. The number of rotatable bonds is 3. The zero-order chi connectivity index (χ0) is 14.0. The third kappa shape index (κ3) is 3.20. The van der Waals surface area contributed by atoms with E-state index in [1.54, 1.807) is 0 Å². The van der Waals surface area contributed by atoms with E-state index in [1.165, 1.54) is 47.9 Å². The van der Waals surface area contributed by atoms with Crippen LogP contribution in [0.4, 0.5) is 0 Å². The Morgan fingerprint density at radius 1 is 0.947 bits per heavy atom. The Kier molecular flexibility index (Phi) is 4.67. The Bertz CT molecular complexity index is 428. The molecule has 1 aliphatic carbocycles. The summed E-state index contributed by atoms with van der Waals surface area (Å²) in [6.45, 7) is 9.10. The van der Waals surface area contributed by atoms with Gasteiger partial charge in [0.2, 0.25) is 0 Å². The third-order valence-corrected chi connectivity index (χ3v) is 5.06. The number of nitrogens with one attached hydrogen (secondary N) is 1. The summed E-state index contributed by atoms with van der Waals surface area (Å²) in [4.78, 5) is 0. The highest BCUT2D eigenvalue weighted by molar-refractivity contribution is 5.38. The van der Waals surface area contributed by atoms with Crippen molar-refractivity contribution in [1.29, 1.82) is 0 Å². The second kappa shape index (κ2) is 6.09.